The first-order valence-electron chi connectivity index (χ1n) is 7.17. The van der Waals surface area contributed by atoms with Gasteiger partial charge in [-0.3, -0.25) is 9.59 Å². The molecule has 0 heterocycles. The molecule has 0 radical (unpaired) electrons. The summed E-state index contributed by atoms with van der Waals surface area (Å²) in [6, 6.07) is 7.40. The van der Waals surface area contributed by atoms with Crippen LogP contribution in [-0.2, 0) is 20.8 Å². The molecule has 2 atom stereocenters. The minimum Gasteiger partial charge on any atom is -0.480 e. The quantitative estimate of drug-likeness (QED) is 0.699. The molecule has 1 rings (SSSR count). The van der Waals surface area contributed by atoms with Crippen LogP contribution < -0.4 is 10.6 Å². The summed E-state index contributed by atoms with van der Waals surface area (Å²) in [5.74, 6) is -2.13. The molecule has 0 aromatic heterocycles. The Morgan fingerprint density at radius 3 is 2.14 bits per heavy atom. The topological polar surface area (TPSA) is 95.5 Å². The normalized spacial score (nSPS) is 13.3. The van der Waals surface area contributed by atoms with Gasteiger partial charge in [0.1, 0.15) is 12.1 Å². The first kappa shape index (κ1) is 17.7. The van der Waals surface area contributed by atoms with Crippen molar-refractivity contribution in [1.82, 2.24) is 10.6 Å². The van der Waals surface area contributed by atoms with Crippen LogP contribution in [0, 0.1) is 5.92 Å². The Kier molecular flexibility index (Phi) is 6.56. The number of aliphatic carboxylic acids is 1. The van der Waals surface area contributed by atoms with Crippen LogP contribution in [-0.4, -0.2) is 35.0 Å². The predicted molar refractivity (Wildman–Crippen MR) is 82.2 cm³/mol. The van der Waals surface area contributed by atoms with E-state index in [-0.39, 0.29) is 18.2 Å². The van der Waals surface area contributed by atoms with Crippen LogP contribution in [0.2, 0.25) is 0 Å². The average Bonchev–Trinajstić information content (AvgIpc) is 2.44. The monoisotopic (exact) mass is 306 g/mol. The van der Waals surface area contributed by atoms with Crippen LogP contribution in [0.25, 0.3) is 0 Å². The molecule has 2 amide bonds. The summed E-state index contributed by atoms with van der Waals surface area (Å²) < 4.78 is 0. The summed E-state index contributed by atoms with van der Waals surface area (Å²) in [4.78, 5) is 34.9. The maximum Gasteiger partial charge on any atom is 0.326 e. The zero-order valence-corrected chi connectivity index (χ0v) is 13.0. The maximum atomic E-state index is 12.0. The lowest BCUT2D eigenvalue weighted by Gasteiger charge is -2.21. The van der Waals surface area contributed by atoms with Gasteiger partial charge in [-0.25, -0.2) is 4.79 Å². The van der Waals surface area contributed by atoms with Gasteiger partial charge in [-0.1, -0.05) is 44.2 Å². The predicted octanol–water partition coefficient (Wildman–Crippen LogP) is 0.959. The Hall–Kier alpha value is -2.37. The van der Waals surface area contributed by atoms with E-state index >= 15 is 0 Å². The molecule has 1 aromatic rings. The van der Waals surface area contributed by atoms with Crippen molar-refractivity contribution in [3.63, 3.8) is 0 Å². The molecule has 0 saturated carbocycles. The van der Waals surface area contributed by atoms with Crippen molar-refractivity contribution >= 4 is 17.8 Å². The van der Waals surface area contributed by atoms with Crippen LogP contribution in [0.5, 0.6) is 0 Å². The second-order valence-corrected chi connectivity index (χ2v) is 5.52. The molecule has 0 fully saturated rings. The van der Waals surface area contributed by atoms with E-state index in [4.69, 9.17) is 5.11 Å². The Labute approximate surface area is 129 Å². The molecule has 0 aliphatic carbocycles. The van der Waals surface area contributed by atoms with E-state index < -0.39 is 24.0 Å². The van der Waals surface area contributed by atoms with Gasteiger partial charge in [0.2, 0.25) is 11.8 Å². The summed E-state index contributed by atoms with van der Waals surface area (Å²) in [5.41, 5.74) is 0.846. The fourth-order valence-corrected chi connectivity index (χ4v) is 1.93. The highest BCUT2D eigenvalue weighted by Crippen LogP contribution is 2.03. The minimum atomic E-state index is -1.09. The summed E-state index contributed by atoms with van der Waals surface area (Å²) in [6.07, 6.45) is 0.172. The van der Waals surface area contributed by atoms with Crippen LogP contribution in [0.1, 0.15) is 26.3 Å². The molecule has 22 heavy (non-hydrogen) atoms. The van der Waals surface area contributed by atoms with Gasteiger partial charge in [0, 0.05) is 0 Å². The molecular weight excluding hydrogens is 284 g/mol. The lowest BCUT2D eigenvalue weighted by atomic mass is 10.0. The Morgan fingerprint density at radius 1 is 1.05 bits per heavy atom. The third-order valence-electron chi connectivity index (χ3n) is 3.21. The fraction of sp³-hybridized carbons (Fsp3) is 0.438. The zero-order valence-electron chi connectivity index (χ0n) is 13.0. The van der Waals surface area contributed by atoms with Crippen molar-refractivity contribution in [3.05, 3.63) is 35.9 Å². The highest BCUT2D eigenvalue weighted by molar-refractivity contribution is 5.90. The molecule has 0 saturated heterocycles. The van der Waals surface area contributed by atoms with Gasteiger partial charge in [0.15, 0.2) is 0 Å². The number of carbonyl (C=O) groups excluding carboxylic acids is 2. The van der Waals surface area contributed by atoms with Crippen molar-refractivity contribution < 1.29 is 19.5 Å². The van der Waals surface area contributed by atoms with Gasteiger partial charge in [0.25, 0.3) is 0 Å². The van der Waals surface area contributed by atoms with Gasteiger partial charge in [0.05, 0.1) is 6.42 Å². The Balaban J connectivity index is 2.53. The number of nitrogens with one attached hydrogen (secondary N) is 2. The number of carboxylic acid groups (broad SMARTS) is 1. The van der Waals surface area contributed by atoms with Crippen LogP contribution in [0.4, 0.5) is 0 Å². The highest BCUT2D eigenvalue weighted by atomic mass is 16.4. The van der Waals surface area contributed by atoms with E-state index in [1.54, 1.807) is 13.8 Å². The van der Waals surface area contributed by atoms with Gasteiger partial charge in [-0.05, 0) is 18.4 Å². The van der Waals surface area contributed by atoms with Gasteiger partial charge in [-0.2, -0.15) is 0 Å². The van der Waals surface area contributed by atoms with Crippen LogP contribution in [0.15, 0.2) is 30.3 Å². The fourth-order valence-electron chi connectivity index (χ4n) is 1.93. The van der Waals surface area contributed by atoms with E-state index in [0.29, 0.717) is 0 Å². The Bertz CT molecular complexity index is 528. The first-order valence-corrected chi connectivity index (χ1v) is 7.17. The Morgan fingerprint density at radius 2 is 1.64 bits per heavy atom. The number of amides is 2. The number of hydrogen-bond donors (Lipinski definition) is 3. The molecule has 3 N–H and O–H groups in total. The third-order valence-corrected chi connectivity index (χ3v) is 3.21. The lowest BCUT2D eigenvalue weighted by Crippen LogP contribution is -2.52. The molecule has 0 aliphatic heterocycles. The summed E-state index contributed by atoms with van der Waals surface area (Å²) in [6.45, 7) is 4.94. The molecule has 0 bridgehead atoms. The zero-order chi connectivity index (χ0) is 16.7. The van der Waals surface area contributed by atoms with E-state index in [2.05, 4.69) is 10.6 Å². The van der Waals surface area contributed by atoms with E-state index in [9.17, 15) is 14.4 Å². The highest BCUT2D eigenvalue weighted by Gasteiger charge is 2.26. The number of hydrogen-bond acceptors (Lipinski definition) is 3. The molecule has 1 aromatic carbocycles. The summed E-state index contributed by atoms with van der Waals surface area (Å²) in [7, 11) is 0. The SMILES string of the molecule is CC(C)[C@H](NC(=O)[C@H](C)NC(=O)Cc1ccccc1)C(=O)O. The first-order chi connectivity index (χ1) is 10.3. The second kappa shape index (κ2) is 8.17. The summed E-state index contributed by atoms with van der Waals surface area (Å²) >= 11 is 0. The lowest BCUT2D eigenvalue weighted by molar-refractivity contribution is -0.143. The maximum absolute atomic E-state index is 12.0. The number of carboxylic acids is 1. The van der Waals surface area contributed by atoms with Crippen LogP contribution >= 0.6 is 0 Å². The molecule has 6 nitrogen and oxygen atoms in total. The van der Waals surface area contributed by atoms with Crippen molar-refractivity contribution in [2.24, 2.45) is 5.92 Å². The largest absolute Gasteiger partial charge is 0.480 e. The molecular formula is C16H22N2O4. The third kappa shape index (κ3) is 5.55. The molecule has 6 heteroatoms. The van der Waals surface area contributed by atoms with E-state index in [0.717, 1.165) is 5.56 Å². The molecule has 0 aliphatic rings. The van der Waals surface area contributed by atoms with Gasteiger partial charge < -0.3 is 15.7 Å². The summed E-state index contributed by atoms with van der Waals surface area (Å²) in [5, 5.41) is 14.0. The van der Waals surface area contributed by atoms with Gasteiger partial charge >= 0.3 is 5.97 Å². The van der Waals surface area contributed by atoms with Crippen molar-refractivity contribution in [2.45, 2.75) is 39.3 Å². The molecule has 0 spiro atoms. The van der Waals surface area contributed by atoms with Crippen molar-refractivity contribution in [2.75, 3.05) is 0 Å². The minimum absolute atomic E-state index is 0.172. The smallest absolute Gasteiger partial charge is 0.326 e. The molecule has 120 valence electrons. The van der Waals surface area contributed by atoms with Gasteiger partial charge in [-0.15, -0.1) is 0 Å². The second-order valence-electron chi connectivity index (χ2n) is 5.52. The average molecular weight is 306 g/mol. The number of carbonyl (C=O) groups is 3. The van der Waals surface area contributed by atoms with E-state index in [1.807, 2.05) is 30.3 Å². The van der Waals surface area contributed by atoms with Crippen molar-refractivity contribution in [1.29, 1.82) is 0 Å². The molecule has 0 unspecified atom stereocenters. The van der Waals surface area contributed by atoms with Crippen LogP contribution in [0.3, 0.4) is 0 Å². The van der Waals surface area contributed by atoms with Crippen molar-refractivity contribution in [3.8, 4) is 0 Å². The number of benzene rings is 1. The number of rotatable bonds is 7. The standard InChI is InChI=1S/C16H22N2O4/c1-10(2)14(16(21)22)18-15(20)11(3)17-13(19)9-12-7-5-4-6-8-12/h4-8,10-11,14H,9H2,1-3H3,(H,17,19)(H,18,20)(H,21,22)/t11-,14-/m0/s1. The van der Waals surface area contributed by atoms with E-state index in [1.165, 1.54) is 6.92 Å².